The summed E-state index contributed by atoms with van der Waals surface area (Å²) in [6.45, 7) is 0. The highest BCUT2D eigenvalue weighted by Crippen LogP contribution is 2.47. The number of hydrogen-bond acceptors (Lipinski definition) is 0. The van der Waals surface area contributed by atoms with Crippen LogP contribution in [0.5, 0.6) is 0 Å². The molecule has 0 fully saturated rings. The van der Waals surface area contributed by atoms with Crippen LogP contribution in [0.3, 0.4) is 0 Å². The summed E-state index contributed by atoms with van der Waals surface area (Å²) < 4.78 is 9.71. The van der Waals surface area contributed by atoms with E-state index in [1.165, 1.54) is 120 Å². The minimum atomic E-state index is 1.15. The van der Waals surface area contributed by atoms with Crippen molar-refractivity contribution in [3.8, 4) is 33.9 Å². The number of fused-ring (bicyclic) bond motifs is 6. The van der Waals surface area contributed by atoms with Crippen molar-refractivity contribution in [2.45, 2.75) is 0 Å². The monoisotopic (exact) mass is 862 g/mol. The van der Waals surface area contributed by atoms with Crippen molar-refractivity contribution >= 4 is 109 Å². The summed E-state index contributed by atoms with van der Waals surface area (Å²) in [6, 6.07) is 85.4. The fraction of sp³-hybridized carbons (Fsp3) is 0. The van der Waals surface area contributed by atoms with Crippen LogP contribution in [-0.2, 0) is 0 Å². The van der Waals surface area contributed by atoms with E-state index in [1.54, 1.807) is 0 Å². The smallest absolute Gasteiger partial charge is 0.0547 e. The molecule has 0 unspecified atom stereocenters. The van der Waals surface area contributed by atoms with Gasteiger partial charge in [0.25, 0.3) is 0 Å². The summed E-state index contributed by atoms with van der Waals surface area (Å²) >= 11 is 0. The standard InChI is InChI=1S/C64H38N4/c1-5-17-53-47(13-1)48-14-2-6-18-54(48)65(53)41-25-29-43(30-26-41)67-57-21-9-11-39-23-33-51-45(35-37-59(67)63(51)61(39)57)46-36-38-60-64-52(46)34-24-40-12-10-22-58(62(40)64)68(60)44-31-27-42(28-32-44)66-55-19-7-3-15-49(55)50-16-4-8-20-56(50)66/h1-38H. The second kappa shape index (κ2) is 13.3. The molecule has 0 atom stereocenters. The summed E-state index contributed by atoms with van der Waals surface area (Å²) in [5.74, 6) is 0. The summed E-state index contributed by atoms with van der Waals surface area (Å²) in [7, 11) is 0. The number of benzene rings is 12. The number of nitrogens with zero attached hydrogens (tertiary/aromatic N) is 4. The van der Waals surface area contributed by atoms with Gasteiger partial charge in [0.2, 0.25) is 0 Å². The summed E-state index contributed by atoms with van der Waals surface area (Å²) in [4.78, 5) is 0. The van der Waals surface area contributed by atoms with Crippen molar-refractivity contribution in [1.29, 1.82) is 0 Å². The molecule has 4 heteroatoms. The minimum Gasteiger partial charge on any atom is -0.309 e. The van der Waals surface area contributed by atoms with Crippen LogP contribution in [0.1, 0.15) is 0 Å². The van der Waals surface area contributed by atoms with E-state index in [1.807, 2.05) is 0 Å². The highest BCUT2D eigenvalue weighted by Gasteiger charge is 2.23. The third-order valence-electron chi connectivity index (χ3n) is 15.1. The van der Waals surface area contributed by atoms with Crippen molar-refractivity contribution in [3.63, 3.8) is 0 Å². The van der Waals surface area contributed by atoms with Crippen LogP contribution in [0.25, 0.3) is 143 Å². The average molecular weight is 863 g/mol. The van der Waals surface area contributed by atoms with E-state index >= 15 is 0 Å². The van der Waals surface area contributed by atoms with E-state index in [4.69, 9.17) is 0 Å². The lowest BCUT2D eigenvalue weighted by Crippen LogP contribution is -1.97. The lowest BCUT2D eigenvalue weighted by Gasteiger charge is -2.14. The zero-order valence-electron chi connectivity index (χ0n) is 36.7. The Morgan fingerprint density at radius 1 is 0.176 bits per heavy atom. The van der Waals surface area contributed by atoms with Crippen LogP contribution in [0.4, 0.5) is 0 Å². The van der Waals surface area contributed by atoms with Crippen molar-refractivity contribution in [3.05, 3.63) is 231 Å². The van der Waals surface area contributed by atoms with E-state index in [0.29, 0.717) is 0 Å². The van der Waals surface area contributed by atoms with E-state index in [9.17, 15) is 0 Å². The molecule has 0 aliphatic rings. The van der Waals surface area contributed by atoms with E-state index in [-0.39, 0.29) is 0 Å². The topological polar surface area (TPSA) is 19.7 Å². The molecule has 16 aromatic rings. The molecule has 4 nitrogen and oxygen atoms in total. The van der Waals surface area contributed by atoms with Gasteiger partial charge in [-0.05, 0) is 130 Å². The molecule has 0 amide bonds. The van der Waals surface area contributed by atoms with Gasteiger partial charge in [0, 0.05) is 65.8 Å². The molecule has 16 rings (SSSR count). The third-order valence-corrected chi connectivity index (χ3v) is 15.1. The Morgan fingerprint density at radius 2 is 0.471 bits per heavy atom. The maximum absolute atomic E-state index is 2.46. The van der Waals surface area contributed by atoms with Gasteiger partial charge >= 0.3 is 0 Å². The largest absolute Gasteiger partial charge is 0.309 e. The molecule has 0 radical (unpaired) electrons. The molecular formula is C64H38N4. The quantitative estimate of drug-likeness (QED) is 0.154. The maximum atomic E-state index is 2.46. The molecule has 4 aromatic heterocycles. The van der Waals surface area contributed by atoms with Gasteiger partial charge in [0.05, 0.1) is 44.1 Å². The summed E-state index contributed by atoms with van der Waals surface area (Å²) in [6.07, 6.45) is 0. The fourth-order valence-corrected chi connectivity index (χ4v) is 12.3. The van der Waals surface area contributed by atoms with Gasteiger partial charge in [-0.2, -0.15) is 0 Å². The Kier molecular flexibility index (Phi) is 7.04. The molecule has 4 heterocycles. The number of hydrogen-bond donors (Lipinski definition) is 0. The molecule has 0 spiro atoms. The van der Waals surface area contributed by atoms with Crippen molar-refractivity contribution < 1.29 is 0 Å². The second-order valence-electron chi connectivity index (χ2n) is 18.4. The first-order valence-corrected chi connectivity index (χ1v) is 23.5. The van der Waals surface area contributed by atoms with Gasteiger partial charge in [-0.15, -0.1) is 0 Å². The molecule has 68 heavy (non-hydrogen) atoms. The molecule has 0 bridgehead atoms. The van der Waals surface area contributed by atoms with Gasteiger partial charge in [-0.25, -0.2) is 0 Å². The van der Waals surface area contributed by atoms with Crippen LogP contribution in [-0.4, -0.2) is 18.3 Å². The zero-order chi connectivity index (χ0) is 44.2. The highest BCUT2D eigenvalue weighted by atomic mass is 15.0. The lowest BCUT2D eigenvalue weighted by molar-refractivity contribution is 1.14. The third kappa shape index (κ3) is 4.68. The SMILES string of the molecule is c1ccc2c(c1)c1ccccc1n2-c1ccc(-n2c3cccc4ccc5c(-c6ccc7c8c6ccc6cccc(c68)n7-c6ccc(-n7c8ccccc8c8ccccc87)cc6)ccc2c5c43)cc1. The molecule has 0 aliphatic heterocycles. The van der Waals surface area contributed by atoms with E-state index in [0.717, 1.165) is 22.7 Å². The minimum absolute atomic E-state index is 1.15. The zero-order valence-corrected chi connectivity index (χ0v) is 36.7. The Balaban J connectivity index is 0.852. The second-order valence-corrected chi connectivity index (χ2v) is 18.4. The molecule has 0 aliphatic carbocycles. The fourth-order valence-electron chi connectivity index (χ4n) is 12.3. The predicted octanol–water partition coefficient (Wildman–Crippen LogP) is 16.9. The Hall–Kier alpha value is -9.12. The molecule has 0 saturated heterocycles. The van der Waals surface area contributed by atoms with Gasteiger partial charge in [-0.1, -0.05) is 133 Å². The predicted molar refractivity (Wildman–Crippen MR) is 287 cm³/mol. The van der Waals surface area contributed by atoms with Gasteiger partial charge < -0.3 is 18.3 Å². The molecule has 12 aromatic carbocycles. The van der Waals surface area contributed by atoms with Crippen molar-refractivity contribution in [1.82, 2.24) is 18.3 Å². The molecule has 0 N–H and O–H groups in total. The highest BCUT2D eigenvalue weighted by molar-refractivity contribution is 6.30. The molecule has 314 valence electrons. The number of rotatable bonds is 5. The van der Waals surface area contributed by atoms with Gasteiger partial charge in [-0.3, -0.25) is 0 Å². The van der Waals surface area contributed by atoms with Crippen molar-refractivity contribution in [2.24, 2.45) is 0 Å². The summed E-state index contributed by atoms with van der Waals surface area (Å²) in [5, 5.41) is 15.4. The van der Waals surface area contributed by atoms with Gasteiger partial charge in [0.15, 0.2) is 0 Å². The first-order valence-electron chi connectivity index (χ1n) is 23.5. The first kappa shape index (κ1) is 36.1. The van der Waals surface area contributed by atoms with Crippen LogP contribution in [0.2, 0.25) is 0 Å². The normalized spacial score (nSPS) is 12.4. The Morgan fingerprint density at radius 3 is 0.824 bits per heavy atom. The van der Waals surface area contributed by atoms with Crippen molar-refractivity contribution in [2.75, 3.05) is 0 Å². The summed E-state index contributed by atoms with van der Waals surface area (Å²) in [5.41, 5.74) is 16.8. The average Bonchev–Trinajstić information content (AvgIpc) is 4.14. The van der Waals surface area contributed by atoms with E-state index < -0.39 is 0 Å². The van der Waals surface area contributed by atoms with Crippen LogP contribution >= 0.6 is 0 Å². The van der Waals surface area contributed by atoms with Crippen LogP contribution in [0, 0.1) is 0 Å². The number of aromatic nitrogens is 4. The van der Waals surface area contributed by atoms with Crippen LogP contribution < -0.4 is 0 Å². The molecular weight excluding hydrogens is 825 g/mol. The Labute approximate surface area is 389 Å². The first-order chi connectivity index (χ1) is 33.8. The number of para-hydroxylation sites is 4. The van der Waals surface area contributed by atoms with Gasteiger partial charge in [0.1, 0.15) is 0 Å². The Bertz CT molecular complexity index is 4300. The van der Waals surface area contributed by atoms with Crippen LogP contribution in [0.15, 0.2) is 231 Å². The lowest BCUT2D eigenvalue weighted by atomic mass is 9.90. The maximum Gasteiger partial charge on any atom is 0.0547 e. The molecule has 0 saturated carbocycles. The van der Waals surface area contributed by atoms with E-state index in [2.05, 4.69) is 249 Å².